The smallest absolute Gasteiger partial charge is 0.281 e. The number of nitrogens with zero attached hydrogens (tertiary/aromatic N) is 3. The van der Waals surface area contributed by atoms with E-state index in [4.69, 9.17) is 0 Å². The van der Waals surface area contributed by atoms with Crippen molar-refractivity contribution in [2.75, 3.05) is 36.8 Å². The van der Waals surface area contributed by atoms with Gasteiger partial charge in [0.05, 0.1) is 16.1 Å². The van der Waals surface area contributed by atoms with Crippen LogP contribution >= 0.6 is 11.3 Å². The van der Waals surface area contributed by atoms with Gasteiger partial charge in [0, 0.05) is 38.8 Å². The normalized spacial score (nSPS) is 21.0. The highest BCUT2D eigenvalue weighted by Gasteiger charge is 2.36. The van der Waals surface area contributed by atoms with Crippen molar-refractivity contribution in [2.24, 2.45) is 5.92 Å². The maximum absolute atomic E-state index is 12.8. The third-order valence-electron chi connectivity index (χ3n) is 5.41. The number of hydrogen-bond acceptors (Lipinski definition) is 6. The van der Waals surface area contributed by atoms with Crippen molar-refractivity contribution in [3.05, 3.63) is 18.2 Å². The molecule has 1 atom stereocenters. The minimum atomic E-state index is -3.49. The monoisotopic (exact) mass is 451 g/mol. The van der Waals surface area contributed by atoms with Gasteiger partial charge in [-0.2, -0.15) is 17.0 Å². The van der Waals surface area contributed by atoms with Crippen molar-refractivity contribution in [3.8, 4) is 0 Å². The molecule has 3 heterocycles. The molecule has 0 radical (unpaired) electrons. The average molecular weight is 452 g/mol. The lowest BCUT2D eigenvalue weighted by Gasteiger charge is -2.33. The molecule has 2 amide bonds. The van der Waals surface area contributed by atoms with E-state index in [2.05, 4.69) is 15.6 Å². The molecule has 2 aromatic rings. The maximum atomic E-state index is 12.8. The lowest BCUT2D eigenvalue weighted by Crippen LogP contribution is -2.49. The standard InChI is InChI=1S/C19H25N5O4S2/c1-13(25)20-19-22-16-11-15(6-7-17(16)29-19)21-18(26)14-5-4-10-24(12-14)30(27,28)23-8-2-3-9-23/h6-7,11,14H,2-5,8-10,12H2,1H3,(H,21,26)(H,20,22,25). The molecule has 2 aliphatic rings. The molecule has 30 heavy (non-hydrogen) atoms. The van der Waals surface area contributed by atoms with E-state index in [-0.39, 0.29) is 18.4 Å². The Bertz CT molecular complexity index is 1060. The number of anilines is 2. The molecule has 0 aliphatic carbocycles. The number of nitrogens with one attached hydrogen (secondary N) is 2. The van der Waals surface area contributed by atoms with Crippen LogP contribution in [-0.2, 0) is 19.8 Å². The molecular formula is C19H25N5O4S2. The number of amides is 2. The highest BCUT2D eigenvalue weighted by Crippen LogP contribution is 2.29. The lowest BCUT2D eigenvalue weighted by atomic mass is 9.98. The number of thiazole rings is 1. The molecule has 9 nitrogen and oxygen atoms in total. The van der Waals surface area contributed by atoms with Crippen molar-refractivity contribution < 1.29 is 18.0 Å². The van der Waals surface area contributed by atoms with Gasteiger partial charge in [-0.15, -0.1) is 0 Å². The Morgan fingerprint density at radius 2 is 1.83 bits per heavy atom. The Morgan fingerprint density at radius 3 is 2.57 bits per heavy atom. The molecule has 1 aromatic carbocycles. The van der Waals surface area contributed by atoms with E-state index in [9.17, 15) is 18.0 Å². The summed E-state index contributed by atoms with van der Waals surface area (Å²) in [4.78, 5) is 28.4. The minimum Gasteiger partial charge on any atom is -0.326 e. The fourth-order valence-corrected chi connectivity index (χ4v) is 6.57. The second-order valence-corrected chi connectivity index (χ2v) is 10.6. The van der Waals surface area contributed by atoms with Crippen molar-refractivity contribution in [1.82, 2.24) is 13.6 Å². The average Bonchev–Trinajstić information content (AvgIpc) is 3.37. The number of aromatic nitrogens is 1. The number of hydrogen-bond donors (Lipinski definition) is 2. The van der Waals surface area contributed by atoms with Crippen molar-refractivity contribution in [1.29, 1.82) is 0 Å². The van der Waals surface area contributed by atoms with Gasteiger partial charge in [-0.25, -0.2) is 4.98 Å². The molecule has 2 aliphatic heterocycles. The largest absolute Gasteiger partial charge is 0.326 e. The quantitative estimate of drug-likeness (QED) is 0.724. The molecular weight excluding hydrogens is 426 g/mol. The van der Waals surface area contributed by atoms with E-state index in [0.717, 1.165) is 17.5 Å². The van der Waals surface area contributed by atoms with Crippen LogP contribution in [-0.4, -0.2) is 60.0 Å². The third kappa shape index (κ3) is 4.48. The summed E-state index contributed by atoms with van der Waals surface area (Å²) in [5.74, 6) is -0.765. The molecule has 1 aromatic heterocycles. The number of carbonyl (C=O) groups is 2. The molecule has 2 saturated heterocycles. The van der Waals surface area contributed by atoms with E-state index in [1.165, 1.54) is 26.9 Å². The zero-order valence-electron chi connectivity index (χ0n) is 16.8. The molecule has 2 fully saturated rings. The van der Waals surface area contributed by atoms with Crippen LogP contribution in [0.3, 0.4) is 0 Å². The molecule has 1 unspecified atom stereocenters. The van der Waals surface area contributed by atoms with Gasteiger partial charge in [0.25, 0.3) is 10.2 Å². The first-order valence-electron chi connectivity index (χ1n) is 10.1. The maximum Gasteiger partial charge on any atom is 0.281 e. The van der Waals surface area contributed by atoms with Gasteiger partial charge in [-0.1, -0.05) is 11.3 Å². The highest BCUT2D eigenvalue weighted by atomic mass is 32.2. The van der Waals surface area contributed by atoms with E-state index < -0.39 is 16.1 Å². The zero-order chi connectivity index (χ0) is 21.3. The van der Waals surface area contributed by atoms with Gasteiger partial charge in [-0.3, -0.25) is 9.59 Å². The molecule has 0 saturated carbocycles. The van der Waals surface area contributed by atoms with E-state index in [1.807, 2.05) is 6.07 Å². The number of fused-ring (bicyclic) bond motifs is 1. The predicted molar refractivity (Wildman–Crippen MR) is 117 cm³/mol. The van der Waals surface area contributed by atoms with Crippen LogP contribution < -0.4 is 10.6 Å². The van der Waals surface area contributed by atoms with E-state index >= 15 is 0 Å². The first kappa shape index (κ1) is 21.2. The summed E-state index contributed by atoms with van der Waals surface area (Å²) >= 11 is 1.36. The van der Waals surface area contributed by atoms with Crippen molar-refractivity contribution in [3.63, 3.8) is 0 Å². The van der Waals surface area contributed by atoms with Crippen LogP contribution in [0.25, 0.3) is 10.2 Å². The topological polar surface area (TPSA) is 112 Å². The lowest BCUT2D eigenvalue weighted by molar-refractivity contribution is -0.121. The first-order chi connectivity index (χ1) is 14.3. The predicted octanol–water partition coefficient (Wildman–Crippen LogP) is 2.25. The fraction of sp³-hybridized carbons (Fsp3) is 0.526. The Kier molecular flexibility index (Phi) is 6.05. The van der Waals surface area contributed by atoms with Crippen molar-refractivity contribution in [2.45, 2.75) is 32.6 Å². The summed E-state index contributed by atoms with van der Waals surface area (Å²) in [6, 6.07) is 5.40. The van der Waals surface area contributed by atoms with Gasteiger partial charge in [0.15, 0.2) is 5.13 Å². The summed E-state index contributed by atoms with van der Waals surface area (Å²) in [5.41, 5.74) is 1.29. The summed E-state index contributed by atoms with van der Waals surface area (Å²) in [6.45, 7) is 3.21. The summed E-state index contributed by atoms with van der Waals surface area (Å²) in [5, 5.41) is 6.07. The first-order valence-corrected chi connectivity index (χ1v) is 12.3. The van der Waals surface area contributed by atoms with Crippen LogP contribution in [0.4, 0.5) is 10.8 Å². The minimum absolute atomic E-state index is 0.187. The number of carbonyl (C=O) groups excluding carboxylic acids is 2. The highest BCUT2D eigenvalue weighted by molar-refractivity contribution is 7.86. The van der Waals surface area contributed by atoms with Gasteiger partial charge >= 0.3 is 0 Å². The number of benzene rings is 1. The van der Waals surface area contributed by atoms with E-state index in [1.54, 1.807) is 12.1 Å². The second-order valence-electron chi connectivity index (χ2n) is 7.68. The van der Waals surface area contributed by atoms with Crippen LogP contribution in [0.1, 0.15) is 32.6 Å². The van der Waals surface area contributed by atoms with Gasteiger partial charge in [0.1, 0.15) is 0 Å². The molecule has 0 spiro atoms. The Balaban J connectivity index is 1.43. The number of rotatable bonds is 5. The molecule has 162 valence electrons. The van der Waals surface area contributed by atoms with Crippen LogP contribution in [0.15, 0.2) is 18.2 Å². The Hall–Kier alpha value is -2.08. The second kappa shape index (κ2) is 8.58. The van der Waals surface area contributed by atoms with Gasteiger partial charge in [-0.05, 0) is 43.9 Å². The summed E-state index contributed by atoms with van der Waals surface area (Å²) in [6.07, 6.45) is 3.10. The summed E-state index contributed by atoms with van der Waals surface area (Å²) < 4.78 is 29.5. The SMILES string of the molecule is CC(=O)Nc1nc2cc(NC(=O)C3CCCN(S(=O)(=O)N4CCCC4)C3)ccc2s1. The Morgan fingerprint density at radius 1 is 1.10 bits per heavy atom. The van der Waals surface area contributed by atoms with Gasteiger partial charge < -0.3 is 10.6 Å². The zero-order valence-corrected chi connectivity index (χ0v) is 18.4. The summed E-state index contributed by atoms with van der Waals surface area (Å²) in [7, 11) is -3.49. The van der Waals surface area contributed by atoms with Gasteiger partial charge in [0.2, 0.25) is 11.8 Å². The van der Waals surface area contributed by atoms with Crippen LogP contribution in [0.5, 0.6) is 0 Å². The van der Waals surface area contributed by atoms with E-state index in [0.29, 0.717) is 48.8 Å². The number of piperidine rings is 1. The molecule has 4 rings (SSSR count). The van der Waals surface area contributed by atoms with Crippen LogP contribution in [0, 0.1) is 5.92 Å². The molecule has 11 heteroatoms. The van der Waals surface area contributed by atoms with Crippen molar-refractivity contribution >= 4 is 54.4 Å². The Labute approximate surface area is 179 Å². The fourth-order valence-electron chi connectivity index (χ4n) is 3.90. The third-order valence-corrected chi connectivity index (χ3v) is 8.36. The molecule has 2 N–H and O–H groups in total. The molecule has 0 bridgehead atoms. The van der Waals surface area contributed by atoms with Crippen LogP contribution in [0.2, 0.25) is 0 Å².